The van der Waals surface area contributed by atoms with E-state index in [4.69, 9.17) is 22.4 Å². The summed E-state index contributed by atoms with van der Waals surface area (Å²) in [7, 11) is 0. The topological polar surface area (TPSA) is 59.1 Å². The van der Waals surface area contributed by atoms with Crippen LogP contribution in [-0.4, -0.2) is 10.1 Å². The van der Waals surface area contributed by atoms with E-state index in [-0.39, 0.29) is 16.4 Å². The molecule has 0 spiro atoms. The predicted molar refractivity (Wildman–Crippen MR) is 44.5 cm³/mol. The second-order valence-corrected chi connectivity index (χ2v) is 2.77. The van der Waals surface area contributed by atoms with E-state index in [1.54, 1.807) is 0 Å². The molecule has 0 amide bonds. The largest absolute Gasteiger partial charge is 0.392 e. The number of pyridine rings is 1. The average Bonchev–Trinajstić information content (AvgIpc) is 2.08. The van der Waals surface area contributed by atoms with Gasteiger partial charge >= 0.3 is 0 Å². The Balaban J connectivity index is 3.25. The molecule has 0 saturated carbocycles. The highest BCUT2D eigenvalue weighted by atomic mass is 35.5. The first-order valence-corrected chi connectivity index (χ1v) is 3.78. The smallest absolute Gasteiger partial charge is 0.280 e. The van der Waals surface area contributed by atoms with E-state index in [9.17, 15) is 8.78 Å². The Morgan fingerprint density at radius 1 is 1.62 bits per heavy atom. The molecule has 13 heavy (non-hydrogen) atoms. The van der Waals surface area contributed by atoms with E-state index in [1.165, 1.54) is 6.07 Å². The van der Waals surface area contributed by atoms with Gasteiger partial charge in [-0.25, -0.2) is 13.8 Å². The van der Waals surface area contributed by atoms with Crippen molar-refractivity contribution in [3.8, 4) is 0 Å². The number of halogens is 3. The van der Waals surface area contributed by atoms with Crippen LogP contribution < -0.4 is 5.73 Å². The number of rotatable bonds is 2. The lowest BCUT2D eigenvalue weighted by Gasteiger charge is -2.07. The van der Waals surface area contributed by atoms with Gasteiger partial charge in [0.05, 0.1) is 11.6 Å². The lowest BCUT2D eigenvalue weighted by Crippen LogP contribution is -2.02. The van der Waals surface area contributed by atoms with Gasteiger partial charge in [-0.2, -0.15) is 0 Å². The molecule has 0 radical (unpaired) electrons. The Hall–Kier alpha value is -0.940. The van der Waals surface area contributed by atoms with Crippen molar-refractivity contribution in [2.75, 3.05) is 5.73 Å². The Morgan fingerprint density at radius 2 is 2.23 bits per heavy atom. The molecule has 1 aromatic heterocycles. The molecule has 72 valence electrons. The summed E-state index contributed by atoms with van der Waals surface area (Å²) in [5.74, 6) is -0.158. The van der Waals surface area contributed by atoms with Crippen LogP contribution in [0.5, 0.6) is 0 Å². The molecule has 0 unspecified atom stereocenters. The number of aliphatic hydroxyl groups excluding tert-OH is 1. The minimum atomic E-state index is -2.76. The number of hydrogen-bond acceptors (Lipinski definition) is 3. The Bertz CT molecular complexity index is 320. The number of aromatic nitrogens is 1. The summed E-state index contributed by atoms with van der Waals surface area (Å²) in [5.41, 5.74) is 4.69. The predicted octanol–water partition coefficient (Wildman–Crippen LogP) is 1.75. The average molecular weight is 209 g/mol. The van der Waals surface area contributed by atoms with Crippen LogP contribution in [0.3, 0.4) is 0 Å². The molecule has 0 fully saturated rings. The monoisotopic (exact) mass is 208 g/mol. The highest BCUT2D eigenvalue weighted by Crippen LogP contribution is 2.26. The number of alkyl halides is 2. The minimum absolute atomic E-state index is 0.00537. The van der Waals surface area contributed by atoms with Gasteiger partial charge < -0.3 is 10.8 Å². The number of nitrogens with two attached hydrogens (primary N) is 1. The normalized spacial score (nSPS) is 10.8. The van der Waals surface area contributed by atoms with Gasteiger partial charge in [0.25, 0.3) is 6.43 Å². The molecule has 3 N–H and O–H groups in total. The van der Waals surface area contributed by atoms with Gasteiger partial charge in [-0.1, -0.05) is 11.6 Å². The van der Waals surface area contributed by atoms with Gasteiger partial charge in [-0.3, -0.25) is 0 Å². The maximum absolute atomic E-state index is 12.3. The molecule has 1 rings (SSSR count). The zero-order valence-corrected chi connectivity index (χ0v) is 7.22. The van der Waals surface area contributed by atoms with Crippen LogP contribution in [0.4, 0.5) is 14.6 Å². The molecule has 0 atom stereocenters. The summed E-state index contributed by atoms with van der Waals surface area (Å²) in [4.78, 5) is 3.38. The quantitative estimate of drug-likeness (QED) is 0.779. The highest BCUT2D eigenvalue weighted by molar-refractivity contribution is 6.32. The second-order valence-electron chi connectivity index (χ2n) is 2.36. The molecule has 0 aliphatic heterocycles. The number of anilines is 1. The summed E-state index contributed by atoms with van der Waals surface area (Å²) >= 11 is 5.53. The third-order valence-corrected chi connectivity index (χ3v) is 1.80. The zero-order valence-electron chi connectivity index (χ0n) is 6.47. The number of aliphatic hydroxyl groups is 1. The molecule has 0 aliphatic carbocycles. The molecule has 0 aliphatic rings. The summed E-state index contributed by atoms with van der Waals surface area (Å²) < 4.78 is 24.5. The fourth-order valence-electron chi connectivity index (χ4n) is 0.871. The maximum atomic E-state index is 12.3. The molecular weight excluding hydrogens is 202 g/mol. The van der Waals surface area contributed by atoms with Gasteiger partial charge in [-0.15, -0.1) is 0 Å². The first kappa shape index (κ1) is 10.1. The van der Waals surface area contributed by atoms with Crippen molar-refractivity contribution < 1.29 is 13.9 Å². The highest BCUT2D eigenvalue weighted by Gasteiger charge is 2.16. The molecule has 1 aromatic rings. The molecule has 0 aromatic carbocycles. The van der Waals surface area contributed by atoms with Crippen LogP contribution in [0.2, 0.25) is 5.02 Å². The van der Waals surface area contributed by atoms with Gasteiger partial charge in [-0.05, 0) is 6.07 Å². The number of nitrogens with zero attached hydrogens (tertiary/aromatic N) is 1. The van der Waals surface area contributed by atoms with Crippen molar-refractivity contribution in [3.63, 3.8) is 0 Å². The third kappa shape index (κ3) is 2.05. The summed E-state index contributed by atoms with van der Waals surface area (Å²) in [6, 6.07) is 1.19. The van der Waals surface area contributed by atoms with Crippen LogP contribution in [0.15, 0.2) is 6.07 Å². The second kappa shape index (κ2) is 3.85. The number of nitrogen functional groups attached to an aromatic ring is 1. The molecule has 1 heterocycles. The lowest BCUT2D eigenvalue weighted by atomic mass is 10.2. The first-order valence-electron chi connectivity index (χ1n) is 3.40. The van der Waals surface area contributed by atoms with Crippen molar-refractivity contribution >= 4 is 17.4 Å². The Kier molecular flexibility index (Phi) is 3.00. The third-order valence-electron chi connectivity index (χ3n) is 1.49. The fraction of sp³-hybridized carbons (Fsp3) is 0.286. The van der Waals surface area contributed by atoms with Gasteiger partial charge in [0.1, 0.15) is 11.5 Å². The molecule has 3 nitrogen and oxygen atoms in total. The fourth-order valence-corrected chi connectivity index (χ4v) is 1.05. The van der Waals surface area contributed by atoms with E-state index < -0.39 is 18.7 Å². The molecule has 0 bridgehead atoms. The van der Waals surface area contributed by atoms with E-state index in [0.29, 0.717) is 0 Å². The first-order chi connectivity index (χ1) is 6.06. The van der Waals surface area contributed by atoms with Crippen LogP contribution >= 0.6 is 11.6 Å². The van der Waals surface area contributed by atoms with Crippen LogP contribution in [-0.2, 0) is 6.61 Å². The SMILES string of the molecule is Nc1nc(C(F)F)c(CO)cc1Cl. The number of hydrogen-bond donors (Lipinski definition) is 2. The summed E-state index contributed by atoms with van der Waals surface area (Å²) in [6.07, 6.45) is -2.76. The Morgan fingerprint density at radius 3 is 2.69 bits per heavy atom. The van der Waals surface area contributed by atoms with Crippen molar-refractivity contribution in [2.24, 2.45) is 0 Å². The molecule has 6 heteroatoms. The zero-order chi connectivity index (χ0) is 10.0. The summed E-state index contributed by atoms with van der Waals surface area (Å²) in [5, 5.41) is 8.77. The van der Waals surface area contributed by atoms with Gasteiger partial charge in [0.2, 0.25) is 0 Å². The van der Waals surface area contributed by atoms with E-state index >= 15 is 0 Å². The minimum Gasteiger partial charge on any atom is -0.392 e. The van der Waals surface area contributed by atoms with Crippen molar-refractivity contribution in [1.82, 2.24) is 4.98 Å². The van der Waals surface area contributed by atoms with Gasteiger partial charge in [0, 0.05) is 5.56 Å². The van der Waals surface area contributed by atoms with Gasteiger partial charge in [0.15, 0.2) is 0 Å². The van der Waals surface area contributed by atoms with Crippen molar-refractivity contribution in [1.29, 1.82) is 0 Å². The standard InChI is InChI=1S/C7H7ClF2N2O/c8-4-1-3(2-13)5(6(9)10)12-7(4)11/h1,6,13H,2H2,(H2,11,12). The molecular formula is C7H7ClF2N2O. The van der Waals surface area contributed by atoms with Crippen LogP contribution in [0, 0.1) is 0 Å². The van der Waals surface area contributed by atoms with Crippen molar-refractivity contribution in [3.05, 3.63) is 22.3 Å². The molecule has 0 saturated heterocycles. The van der Waals surface area contributed by atoms with E-state index in [2.05, 4.69) is 4.98 Å². The van der Waals surface area contributed by atoms with E-state index in [0.717, 1.165) is 0 Å². The Labute approximate surface area is 78.1 Å². The summed E-state index contributed by atoms with van der Waals surface area (Å²) in [6.45, 7) is -0.535. The lowest BCUT2D eigenvalue weighted by molar-refractivity contribution is 0.142. The van der Waals surface area contributed by atoms with Crippen molar-refractivity contribution in [2.45, 2.75) is 13.0 Å². The van der Waals surface area contributed by atoms with E-state index in [1.807, 2.05) is 0 Å². The van der Waals surface area contributed by atoms with Crippen LogP contribution in [0.1, 0.15) is 17.7 Å². The van der Waals surface area contributed by atoms with Crippen LogP contribution in [0.25, 0.3) is 0 Å². The maximum Gasteiger partial charge on any atom is 0.280 e.